The third-order valence-electron chi connectivity index (χ3n) is 1.64. The average molecular weight is 192 g/mol. The van der Waals surface area contributed by atoms with Crippen LogP contribution in [0.5, 0.6) is 0 Å². The zero-order valence-corrected chi connectivity index (χ0v) is 6.99. The van der Waals surface area contributed by atoms with Crippen LogP contribution in [0.15, 0.2) is 0 Å². The molecule has 1 saturated heterocycles. The van der Waals surface area contributed by atoms with Gasteiger partial charge < -0.3 is 5.32 Å². The summed E-state index contributed by atoms with van der Waals surface area (Å²) in [4.78, 5) is 10.7. The van der Waals surface area contributed by atoms with Gasteiger partial charge in [-0.1, -0.05) is 15.9 Å². The van der Waals surface area contributed by atoms with Crippen molar-refractivity contribution in [2.45, 2.75) is 25.3 Å². The van der Waals surface area contributed by atoms with Crippen molar-refractivity contribution >= 4 is 21.8 Å². The predicted molar refractivity (Wildman–Crippen MR) is 39.6 cm³/mol. The van der Waals surface area contributed by atoms with Gasteiger partial charge in [0.2, 0.25) is 5.91 Å². The maximum Gasteiger partial charge on any atom is 0.220 e. The highest BCUT2D eigenvalue weighted by Crippen LogP contribution is 2.20. The lowest BCUT2D eigenvalue weighted by Gasteiger charge is -2.19. The van der Waals surface area contributed by atoms with E-state index >= 15 is 0 Å². The number of carbonyl (C=O) groups is 1. The molecule has 52 valence electrons. The molecule has 0 radical (unpaired) electrons. The lowest BCUT2D eigenvalue weighted by Crippen LogP contribution is -2.39. The number of hydrogen-bond donors (Lipinski definition) is 1. The predicted octanol–water partition coefficient (Wildman–Crippen LogP) is 1.05. The van der Waals surface area contributed by atoms with E-state index in [1.807, 2.05) is 6.92 Å². The van der Waals surface area contributed by atoms with Crippen molar-refractivity contribution < 1.29 is 4.79 Å². The molecule has 1 aliphatic heterocycles. The van der Waals surface area contributed by atoms with Gasteiger partial charge >= 0.3 is 0 Å². The summed E-state index contributed by atoms with van der Waals surface area (Å²) in [5.74, 6) is 0.178. The van der Waals surface area contributed by atoms with E-state index in [2.05, 4.69) is 21.2 Å². The van der Waals surface area contributed by atoms with Crippen LogP contribution < -0.4 is 5.32 Å². The Labute approximate surface area is 63.1 Å². The van der Waals surface area contributed by atoms with Crippen molar-refractivity contribution in [3.05, 3.63) is 0 Å². The van der Waals surface area contributed by atoms with E-state index in [0.29, 0.717) is 6.42 Å². The second kappa shape index (κ2) is 2.29. The maximum atomic E-state index is 10.7. The number of carbonyl (C=O) groups excluding carboxylic acids is 1. The van der Waals surface area contributed by atoms with Crippen LogP contribution in [0.2, 0.25) is 0 Å². The minimum absolute atomic E-state index is 0.0249. The van der Waals surface area contributed by atoms with Crippen molar-refractivity contribution in [1.82, 2.24) is 5.32 Å². The lowest BCUT2D eigenvalue weighted by molar-refractivity contribution is -0.119. The Morgan fingerprint density at radius 1 is 1.89 bits per heavy atom. The molecule has 0 aromatic rings. The monoisotopic (exact) mass is 191 g/mol. The average Bonchev–Trinajstić information content (AvgIpc) is 2.13. The SMILES string of the molecule is CC1(CBr)CCC(=O)N1. The van der Waals surface area contributed by atoms with Crippen molar-refractivity contribution in [2.24, 2.45) is 0 Å². The minimum atomic E-state index is 0.0249. The first kappa shape index (κ1) is 7.06. The molecule has 0 aromatic carbocycles. The Bertz CT molecular complexity index is 137. The van der Waals surface area contributed by atoms with E-state index < -0.39 is 0 Å². The van der Waals surface area contributed by atoms with Gasteiger partial charge in [-0.25, -0.2) is 0 Å². The highest BCUT2D eigenvalue weighted by molar-refractivity contribution is 9.09. The molecule has 1 fully saturated rings. The third-order valence-corrected chi connectivity index (χ3v) is 2.88. The molecule has 1 N–H and O–H groups in total. The lowest BCUT2D eigenvalue weighted by atomic mass is 10.0. The molecule has 2 nitrogen and oxygen atoms in total. The van der Waals surface area contributed by atoms with Crippen molar-refractivity contribution in [3.63, 3.8) is 0 Å². The second-order valence-corrected chi connectivity index (χ2v) is 3.30. The van der Waals surface area contributed by atoms with Crippen molar-refractivity contribution in [2.75, 3.05) is 5.33 Å². The maximum absolute atomic E-state index is 10.7. The molecule has 0 saturated carbocycles. The molecule has 0 spiro atoms. The fourth-order valence-electron chi connectivity index (χ4n) is 0.951. The molecular weight excluding hydrogens is 182 g/mol. The first-order valence-corrected chi connectivity index (χ1v) is 4.15. The van der Waals surface area contributed by atoms with E-state index in [1.165, 1.54) is 0 Å². The summed E-state index contributed by atoms with van der Waals surface area (Å²) in [7, 11) is 0. The second-order valence-electron chi connectivity index (χ2n) is 2.74. The Morgan fingerprint density at radius 2 is 2.56 bits per heavy atom. The fraction of sp³-hybridized carbons (Fsp3) is 0.833. The molecule has 1 heterocycles. The van der Waals surface area contributed by atoms with E-state index in [4.69, 9.17) is 0 Å². The topological polar surface area (TPSA) is 29.1 Å². The zero-order valence-electron chi connectivity index (χ0n) is 5.41. The Balaban J connectivity index is 2.54. The van der Waals surface area contributed by atoms with Gasteiger partial charge in [0.15, 0.2) is 0 Å². The van der Waals surface area contributed by atoms with E-state index in [0.717, 1.165) is 11.8 Å². The van der Waals surface area contributed by atoms with E-state index in [9.17, 15) is 4.79 Å². The summed E-state index contributed by atoms with van der Waals surface area (Å²) in [5, 5.41) is 3.75. The Kier molecular flexibility index (Phi) is 1.80. The standard InChI is InChI=1S/C6H10BrNO/c1-6(4-7)3-2-5(9)8-6/h2-4H2,1H3,(H,8,9). The van der Waals surface area contributed by atoms with Crippen LogP contribution in [-0.4, -0.2) is 16.8 Å². The Hall–Kier alpha value is -0.0500. The number of alkyl halides is 1. The summed E-state index contributed by atoms with van der Waals surface area (Å²) < 4.78 is 0. The van der Waals surface area contributed by atoms with Gasteiger partial charge in [0.05, 0.1) is 0 Å². The molecule has 1 aliphatic rings. The number of nitrogens with one attached hydrogen (secondary N) is 1. The molecule has 0 aliphatic carbocycles. The minimum Gasteiger partial charge on any atom is -0.350 e. The molecule has 1 amide bonds. The van der Waals surface area contributed by atoms with Gasteiger partial charge in [-0.05, 0) is 13.3 Å². The summed E-state index contributed by atoms with van der Waals surface area (Å²) in [6, 6.07) is 0. The molecule has 0 aromatic heterocycles. The smallest absolute Gasteiger partial charge is 0.220 e. The van der Waals surface area contributed by atoms with Crippen LogP contribution in [0.25, 0.3) is 0 Å². The summed E-state index contributed by atoms with van der Waals surface area (Å²) in [5.41, 5.74) is 0.0249. The zero-order chi connectivity index (χ0) is 6.91. The first-order chi connectivity index (χ1) is 4.16. The Morgan fingerprint density at radius 3 is 2.78 bits per heavy atom. The largest absolute Gasteiger partial charge is 0.350 e. The fourth-order valence-corrected chi connectivity index (χ4v) is 1.37. The van der Waals surface area contributed by atoms with Gasteiger partial charge in [0, 0.05) is 17.3 Å². The molecule has 1 rings (SSSR count). The van der Waals surface area contributed by atoms with Crippen molar-refractivity contribution in [3.8, 4) is 0 Å². The summed E-state index contributed by atoms with van der Waals surface area (Å²) >= 11 is 3.35. The molecule has 9 heavy (non-hydrogen) atoms. The highest BCUT2D eigenvalue weighted by Gasteiger charge is 2.31. The van der Waals surface area contributed by atoms with Gasteiger partial charge in [0.1, 0.15) is 0 Å². The molecule has 1 unspecified atom stereocenters. The first-order valence-electron chi connectivity index (χ1n) is 3.03. The van der Waals surface area contributed by atoms with Crippen molar-refractivity contribution in [1.29, 1.82) is 0 Å². The number of halogens is 1. The normalized spacial score (nSPS) is 34.7. The number of amides is 1. The summed E-state index contributed by atoms with van der Waals surface area (Å²) in [6.45, 7) is 2.05. The van der Waals surface area contributed by atoms with Crippen LogP contribution >= 0.6 is 15.9 Å². The molecule has 1 atom stereocenters. The van der Waals surface area contributed by atoms with Crippen LogP contribution in [0.3, 0.4) is 0 Å². The quantitative estimate of drug-likeness (QED) is 0.618. The van der Waals surface area contributed by atoms with Gasteiger partial charge in [-0.2, -0.15) is 0 Å². The highest BCUT2D eigenvalue weighted by atomic mass is 79.9. The molecule has 3 heteroatoms. The number of hydrogen-bond acceptors (Lipinski definition) is 1. The van der Waals surface area contributed by atoms with Gasteiger partial charge in [-0.15, -0.1) is 0 Å². The summed E-state index contributed by atoms with van der Waals surface area (Å²) in [6.07, 6.45) is 1.64. The van der Waals surface area contributed by atoms with Crippen LogP contribution in [-0.2, 0) is 4.79 Å². The van der Waals surface area contributed by atoms with Gasteiger partial charge in [0.25, 0.3) is 0 Å². The molecule has 0 bridgehead atoms. The van der Waals surface area contributed by atoms with Crippen LogP contribution in [0, 0.1) is 0 Å². The van der Waals surface area contributed by atoms with Gasteiger partial charge in [-0.3, -0.25) is 4.79 Å². The van der Waals surface area contributed by atoms with Crippen LogP contribution in [0.1, 0.15) is 19.8 Å². The van der Waals surface area contributed by atoms with E-state index in [1.54, 1.807) is 0 Å². The van der Waals surface area contributed by atoms with Crippen LogP contribution in [0.4, 0.5) is 0 Å². The number of rotatable bonds is 1. The third kappa shape index (κ3) is 1.45. The van der Waals surface area contributed by atoms with E-state index in [-0.39, 0.29) is 11.4 Å². The molecular formula is C6H10BrNO.